The van der Waals surface area contributed by atoms with Gasteiger partial charge in [0.1, 0.15) is 0 Å². The Morgan fingerprint density at radius 2 is 2.07 bits per heavy atom. The van der Waals surface area contributed by atoms with Crippen molar-refractivity contribution in [3.05, 3.63) is 47.6 Å². The van der Waals surface area contributed by atoms with Crippen molar-refractivity contribution >= 4 is 15.9 Å². The Labute approximate surface area is 165 Å². The number of aromatic nitrogens is 2. The molecule has 1 aromatic heterocycles. The number of amides is 1. The van der Waals surface area contributed by atoms with Gasteiger partial charge in [-0.15, -0.1) is 0 Å². The quantitative estimate of drug-likeness (QED) is 0.695. The molecule has 1 aliphatic rings. The van der Waals surface area contributed by atoms with Crippen LogP contribution in [0.1, 0.15) is 37.0 Å². The number of hydrogen-bond donors (Lipinski definition) is 0. The molecular weight excluding hydrogens is 380 g/mol. The normalized spacial score (nSPS) is 18.1. The highest BCUT2D eigenvalue weighted by Gasteiger charge is 2.32. The fourth-order valence-corrected chi connectivity index (χ4v) is 5.17. The number of carbonyl (C=O) groups is 1. The van der Waals surface area contributed by atoms with Crippen molar-refractivity contribution in [1.29, 1.82) is 0 Å². The van der Waals surface area contributed by atoms with Crippen LogP contribution in [0.4, 0.5) is 0 Å². The number of hydrogen-bond acceptors (Lipinski definition) is 6. The van der Waals surface area contributed by atoms with Crippen LogP contribution in [0.15, 0.2) is 34.9 Å². The van der Waals surface area contributed by atoms with Crippen molar-refractivity contribution in [1.82, 2.24) is 19.3 Å². The summed E-state index contributed by atoms with van der Waals surface area (Å²) in [5.74, 6) is 0.934. The molecule has 2 aromatic rings. The van der Waals surface area contributed by atoms with E-state index in [1.54, 1.807) is 11.8 Å². The predicted molar refractivity (Wildman–Crippen MR) is 104 cm³/mol. The molecule has 152 valence electrons. The summed E-state index contributed by atoms with van der Waals surface area (Å²) in [7, 11) is -3.44. The number of benzene rings is 1. The lowest BCUT2D eigenvalue weighted by molar-refractivity contribution is -0.131. The zero-order valence-electron chi connectivity index (χ0n) is 16.2. The maximum atomic E-state index is 12.9. The topological polar surface area (TPSA) is 96.6 Å². The number of nitrogens with zero attached hydrogens (tertiary/aromatic N) is 4. The molecule has 8 nitrogen and oxygen atoms in total. The van der Waals surface area contributed by atoms with Crippen molar-refractivity contribution in [3.8, 4) is 0 Å². The second-order valence-corrected chi connectivity index (χ2v) is 9.06. The molecule has 0 N–H and O–H groups in total. The van der Waals surface area contributed by atoms with Gasteiger partial charge in [-0.05, 0) is 18.4 Å². The maximum absolute atomic E-state index is 12.9. The highest BCUT2D eigenvalue weighted by atomic mass is 32.2. The van der Waals surface area contributed by atoms with E-state index in [1.807, 2.05) is 30.3 Å². The summed E-state index contributed by atoms with van der Waals surface area (Å²) in [5, 5.41) is 3.86. The number of rotatable bonds is 7. The number of sulfonamides is 1. The van der Waals surface area contributed by atoms with Gasteiger partial charge in [0.25, 0.3) is 0 Å². The predicted octanol–water partition coefficient (Wildman–Crippen LogP) is 1.76. The molecule has 1 amide bonds. The SMILES string of the molecule is CC(=O)N(CCc1noc(C)n1)C1CCCN(S(=O)(=O)Cc2ccccc2)C1. The lowest BCUT2D eigenvalue weighted by Crippen LogP contribution is -2.51. The second kappa shape index (κ2) is 8.83. The third-order valence-electron chi connectivity index (χ3n) is 4.94. The minimum Gasteiger partial charge on any atom is -0.340 e. The Balaban J connectivity index is 1.66. The van der Waals surface area contributed by atoms with Crippen LogP contribution in [0.2, 0.25) is 0 Å². The first kappa shape index (κ1) is 20.5. The van der Waals surface area contributed by atoms with E-state index in [2.05, 4.69) is 10.1 Å². The fraction of sp³-hybridized carbons (Fsp3) is 0.526. The molecule has 9 heteroatoms. The average molecular weight is 407 g/mol. The van der Waals surface area contributed by atoms with Gasteiger partial charge in [0, 0.05) is 45.9 Å². The Hall–Kier alpha value is -2.26. The van der Waals surface area contributed by atoms with Gasteiger partial charge in [-0.2, -0.15) is 9.29 Å². The van der Waals surface area contributed by atoms with Gasteiger partial charge in [0.2, 0.25) is 21.8 Å². The van der Waals surface area contributed by atoms with Gasteiger partial charge in [-0.3, -0.25) is 4.79 Å². The largest absolute Gasteiger partial charge is 0.340 e. The van der Waals surface area contributed by atoms with E-state index in [9.17, 15) is 13.2 Å². The third-order valence-corrected chi connectivity index (χ3v) is 6.75. The minimum absolute atomic E-state index is 0.0250. The zero-order chi connectivity index (χ0) is 20.1. The molecule has 1 fully saturated rings. The maximum Gasteiger partial charge on any atom is 0.223 e. The van der Waals surface area contributed by atoms with E-state index in [0.29, 0.717) is 37.8 Å². The van der Waals surface area contributed by atoms with Gasteiger partial charge < -0.3 is 9.42 Å². The van der Waals surface area contributed by atoms with E-state index in [0.717, 1.165) is 18.4 Å². The molecule has 0 bridgehead atoms. The van der Waals surface area contributed by atoms with Gasteiger partial charge >= 0.3 is 0 Å². The summed E-state index contributed by atoms with van der Waals surface area (Å²) < 4.78 is 32.2. The van der Waals surface area contributed by atoms with Crippen LogP contribution in [0, 0.1) is 6.92 Å². The Kier molecular flexibility index (Phi) is 6.46. The summed E-state index contributed by atoms with van der Waals surface area (Å²) in [6, 6.07) is 9.01. The monoisotopic (exact) mass is 406 g/mol. The molecular formula is C19H26N4O4S. The molecule has 0 saturated carbocycles. The van der Waals surface area contributed by atoms with Crippen LogP contribution in [0.3, 0.4) is 0 Å². The molecule has 28 heavy (non-hydrogen) atoms. The summed E-state index contributed by atoms with van der Waals surface area (Å²) >= 11 is 0. The lowest BCUT2D eigenvalue weighted by Gasteiger charge is -2.38. The summed E-state index contributed by atoms with van der Waals surface area (Å²) in [6.45, 7) is 4.47. The van der Waals surface area contributed by atoms with E-state index >= 15 is 0 Å². The van der Waals surface area contributed by atoms with Crippen LogP contribution >= 0.6 is 0 Å². The van der Waals surface area contributed by atoms with Crippen molar-refractivity contribution in [2.75, 3.05) is 19.6 Å². The standard InChI is InChI=1S/C19H26N4O4S/c1-15-20-19(21-27-15)10-12-23(16(2)24)18-9-6-11-22(13-18)28(25,26)14-17-7-4-3-5-8-17/h3-5,7-8,18H,6,9-14H2,1-2H3. The van der Waals surface area contributed by atoms with Gasteiger partial charge in [-0.1, -0.05) is 35.5 Å². The van der Waals surface area contributed by atoms with Gasteiger partial charge in [-0.25, -0.2) is 8.42 Å². The second-order valence-electron chi connectivity index (χ2n) is 7.09. The summed E-state index contributed by atoms with van der Waals surface area (Å²) in [4.78, 5) is 18.1. The van der Waals surface area contributed by atoms with E-state index < -0.39 is 10.0 Å². The molecule has 3 rings (SSSR count). The number of carbonyl (C=O) groups excluding carboxylic acids is 1. The van der Waals surface area contributed by atoms with Gasteiger partial charge in [0.05, 0.1) is 5.75 Å². The number of aryl methyl sites for hydroxylation is 1. The highest BCUT2D eigenvalue weighted by Crippen LogP contribution is 2.21. The first-order valence-electron chi connectivity index (χ1n) is 9.43. The molecule has 1 aliphatic heterocycles. The molecule has 0 aliphatic carbocycles. The summed E-state index contributed by atoms with van der Waals surface area (Å²) in [6.07, 6.45) is 1.98. The third kappa shape index (κ3) is 5.17. The van der Waals surface area contributed by atoms with E-state index in [-0.39, 0.29) is 17.7 Å². The zero-order valence-corrected chi connectivity index (χ0v) is 17.1. The Morgan fingerprint density at radius 3 is 2.71 bits per heavy atom. The lowest BCUT2D eigenvalue weighted by atomic mass is 10.1. The molecule has 2 heterocycles. The number of piperidine rings is 1. The average Bonchev–Trinajstić information content (AvgIpc) is 3.07. The van der Waals surface area contributed by atoms with Crippen molar-refractivity contribution in [2.24, 2.45) is 0 Å². The molecule has 1 saturated heterocycles. The van der Waals surface area contributed by atoms with E-state index in [4.69, 9.17) is 4.52 Å². The van der Waals surface area contributed by atoms with Crippen molar-refractivity contribution < 1.29 is 17.7 Å². The Bertz CT molecular complexity index is 898. The van der Waals surface area contributed by atoms with Crippen LogP contribution in [-0.4, -0.2) is 59.3 Å². The van der Waals surface area contributed by atoms with Crippen LogP contribution in [0.25, 0.3) is 0 Å². The molecule has 1 aromatic carbocycles. The van der Waals surface area contributed by atoms with Crippen molar-refractivity contribution in [2.45, 2.75) is 44.9 Å². The molecule has 1 unspecified atom stereocenters. The molecule has 0 spiro atoms. The molecule has 1 atom stereocenters. The molecule has 0 radical (unpaired) electrons. The smallest absolute Gasteiger partial charge is 0.223 e. The first-order valence-corrected chi connectivity index (χ1v) is 11.0. The first-order chi connectivity index (χ1) is 13.3. The van der Waals surface area contributed by atoms with Gasteiger partial charge in [0.15, 0.2) is 5.82 Å². The minimum atomic E-state index is -3.44. The van der Waals surface area contributed by atoms with E-state index in [1.165, 1.54) is 11.2 Å². The van der Waals surface area contributed by atoms with Crippen molar-refractivity contribution in [3.63, 3.8) is 0 Å². The Morgan fingerprint density at radius 1 is 1.32 bits per heavy atom. The summed E-state index contributed by atoms with van der Waals surface area (Å²) in [5.41, 5.74) is 0.764. The van der Waals surface area contributed by atoms with Crippen LogP contribution in [0.5, 0.6) is 0 Å². The van der Waals surface area contributed by atoms with Crippen LogP contribution in [-0.2, 0) is 27.0 Å². The fourth-order valence-electron chi connectivity index (χ4n) is 3.56. The highest BCUT2D eigenvalue weighted by molar-refractivity contribution is 7.88. The van der Waals surface area contributed by atoms with Crippen LogP contribution < -0.4 is 0 Å².